The molecule has 0 spiro atoms. The van der Waals surface area contributed by atoms with Crippen LogP contribution < -0.4 is 5.73 Å². The van der Waals surface area contributed by atoms with E-state index in [4.69, 9.17) is 17.1 Å². The monoisotopic (exact) mass is 375 g/mol. The van der Waals surface area contributed by atoms with E-state index in [1.165, 1.54) is 10.5 Å². The molecule has 28 heavy (non-hydrogen) atoms. The van der Waals surface area contributed by atoms with Gasteiger partial charge in [-0.05, 0) is 43.0 Å². The van der Waals surface area contributed by atoms with Crippen molar-refractivity contribution < 1.29 is 4.79 Å². The van der Waals surface area contributed by atoms with Gasteiger partial charge in [-0.1, -0.05) is 56.0 Å². The van der Waals surface area contributed by atoms with Crippen molar-refractivity contribution in [2.45, 2.75) is 51.0 Å². The molecule has 3 atom stereocenters. The Balaban J connectivity index is 2.02. The number of aliphatic imine (C=N–C) groups is 1. The van der Waals surface area contributed by atoms with E-state index >= 15 is 0 Å². The van der Waals surface area contributed by atoms with Gasteiger partial charge in [0.15, 0.2) is 5.96 Å². The first-order valence-corrected chi connectivity index (χ1v) is 9.99. The molecule has 0 bridgehead atoms. The van der Waals surface area contributed by atoms with Gasteiger partial charge in [0.1, 0.15) is 0 Å². The minimum absolute atomic E-state index is 0.0502. The van der Waals surface area contributed by atoms with E-state index in [2.05, 4.69) is 43.2 Å². The molecule has 1 aliphatic carbocycles. The number of hydrogen-bond acceptors (Lipinski definition) is 3. The van der Waals surface area contributed by atoms with E-state index in [0.29, 0.717) is 0 Å². The second-order valence-electron chi connectivity index (χ2n) is 7.85. The quantitative estimate of drug-likeness (QED) is 0.791. The molecule has 4 nitrogen and oxygen atoms in total. The lowest BCUT2D eigenvalue weighted by Crippen LogP contribution is -2.55. The van der Waals surface area contributed by atoms with E-state index < -0.39 is 5.54 Å². The van der Waals surface area contributed by atoms with Gasteiger partial charge in [0, 0.05) is 18.5 Å². The van der Waals surface area contributed by atoms with Crippen molar-refractivity contribution in [3.63, 3.8) is 0 Å². The topological polar surface area (TPSA) is 58.7 Å². The summed E-state index contributed by atoms with van der Waals surface area (Å²) in [6, 6.07) is 8.10. The molecular weight excluding hydrogens is 346 g/mol. The van der Waals surface area contributed by atoms with Crippen molar-refractivity contribution in [2.75, 3.05) is 7.05 Å². The zero-order valence-electron chi connectivity index (χ0n) is 17.0. The van der Waals surface area contributed by atoms with Crippen LogP contribution in [0, 0.1) is 18.3 Å². The van der Waals surface area contributed by atoms with Gasteiger partial charge in [-0.2, -0.15) is 0 Å². The number of nitrogens with zero attached hydrogens (tertiary/aromatic N) is 2. The Morgan fingerprint density at radius 1 is 1.43 bits per heavy atom. The van der Waals surface area contributed by atoms with Crippen LogP contribution in [0.3, 0.4) is 0 Å². The first-order chi connectivity index (χ1) is 13.4. The highest BCUT2D eigenvalue weighted by molar-refractivity contribution is 6.00. The Morgan fingerprint density at radius 2 is 2.21 bits per heavy atom. The SMILES string of the molecule is C#Cc1cccc(C2C=C([C@@]3(C)N=C(N)N(C)C(=O)[C@H]3CCCC)C=CC2)c1. The molecule has 0 saturated heterocycles. The molecule has 2 aliphatic rings. The average Bonchev–Trinajstić information content (AvgIpc) is 2.72. The predicted molar refractivity (Wildman–Crippen MR) is 115 cm³/mol. The average molecular weight is 376 g/mol. The van der Waals surface area contributed by atoms with Gasteiger partial charge in [0.05, 0.1) is 11.5 Å². The maximum absolute atomic E-state index is 13.0. The third kappa shape index (κ3) is 3.62. The van der Waals surface area contributed by atoms with E-state index in [1.54, 1.807) is 7.05 Å². The number of amides is 1. The summed E-state index contributed by atoms with van der Waals surface area (Å²) in [5.41, 5.74) is 8.57. The number of carbonyl (C=O) groups is 1. The summed E-state index contributed by atoms with van der Waals surface area (Å²) in [6.45, 7) is 4.18. The zero-order valence-corrected chi connectivity index (χ0v) is 17.0. The molecule has 1 amide bonds. The molecule has 2 N–H and O–H groups in total. The minimum Gasteiger partial charge on any atom is -0.369 e. The van der Waals surface area contributed by atoms with Gasteiger partial charge < -0.3 is 5.73 Å². The summed E-state index contributed by atoms with van der Waals surface area (Å²) in [6.07, 6.45) is 15.8. The van der Waals surface area contributed by atoms with Crippen LogP contribution in [0.25, 0.3) is 0 Å². The molecule has 1 aromatic rings. The van der Waals surface area contributed by atoms with Crippen LogP contribution in [-0.4, -0.2) is 29.4 Å². The number of terminal acetylenes is 1. The van der Waals surface area contributed by atoms with Crippen molar-refractivity contribution in [1.82, 2.24) is 4.90 Å². The molecule has 0 aromatic heterocycles. The van der Waals surface area contributed by atoms with Crippen LogP contribution in [0.15, 0.2) is 53.1 Å². The molecule has 0 fully saturated rings. The van der Waals surface area contributed by atoms with Gasteiger partial charge >= 0.3 is 0 Å². The summed E-state index contributed by atoms with van der Waals surface area (Å²) in [4.78, 5) is 19.3. The number of nitrogens with two attached hydrogens (primary N) is 1. The van der Waals surface area contributed by atoms with Crippen molar-refractivity contribution in [2.24, 2.45) is 16.6 Å². The lowest BCUT2D eigenvalue weighted by atomic mass is 9.72. The first-order valence-electron chi connectivity index (χ1n) is 9.99. The first kappa shape index (κ1) is 19.9. The summed E-state index contributed by atoms with van der Waals surface area (Å²) >= 11 is 0. The molecular formula is C24H29N3O. The van der Waals surface area contributed by atoms with E-state index in [0.717, 1.165) is 36.8 Å². The molecule has 0 saturated carbocycles. The lowest BCUT2D eigenvalue weighted by molar-refractivity contribution is -0.133. The maximum Gasteiger partial charge on any atom is 0.234 e. The number of rotatable bonds is 5. The fourth-order valence-electron chi connectivity index (χ4n) is 4.17. The van der Waals surface area contributed by atoms with Crippen LogP contribution in [-0.2, 0) is 4.79 Å². The molecule has 1 unspecified atom stereocenters. The number of guanidine groups is 1. The second kappa shape index (κ2) is 8.06. The highest BCUT2D eigenvalue weighted by Gasteiger charge is 2.46. The largest absolute Gasteiger partial charge is 0.369 e. The van der Waals surface area contributed by atoms with Crippen LogP contribution in [0.5, 0.6) is 0 Å². The van der Waals surface area contributed by atoms with Gasteiger partial charge in [0.25, 0.3) is 0 Å². The number of allylic oxidation sites excluding steroid dienone is 2. The Bertz CT molecular complexity index is 889. The summed E-state index contributed by atoms with van der Waals surface area (Å²) in [5, 5.41) is 0. The number of carbonyl (C=O) groups excluding carboxylic acids is 1. The summed E-state index contributed by atoms with van der Waals surface area (Å²) in [7, 11) is 1.71. The third-order valence-corrected chi connectivity index (χ3v) is 5.98. The molecule has 3 rings (SSSR count). The molecule has 4 heteroatoms. The third-order valence-electron chi connectivity index (χ3n) is 5.98. The highest BCUT2D eigenvalue weighted by Crippen LogP contribution is 2.41. The molecule has 1 aliphatic heterocycles. The van der Waals surface area contributed by atoms with E-state index in [-0.39, 0.29) is 23.7 Å². The van der Waals surface area contributed by atoms with Crippen molar-refractivity contribution in [1.29, 1.82) is 0 Å². The summed E-state index contributed by atoms with van der Waals surface area (Å²) in [5.74, 6) is 3.04. The molecule has 1 heterocycles. The standard InChI is InChI=1S/C24H29N3O/c1-5-7-14-21-22(28)27(4)23(25)26-24(21,3)20-13-9-12-19(16-20)18-11-8-10-17(6-2)15-18/h2,8-11,13,15-16,19,21H,5,7,12,14H2,1,3-4H3,(H2,25,26)/t19?,21-,24-/m1/s1. The second-order valence-corrected chi connectivity index (χ2v) is 7.85. The Morgan fingerprint density at radius 3 is 2.93 bits per heavy atom. The van der Waals surface area contributed by atoms with Crippen LogP contribution in [0.4, 0.5) is 0 Å². The van der Waals surface area contributed by atoms with E-state index in [9.17, 15) is 4.79 Å². The number of hydrogen-bond donors (Lipinski definition) is 1. The molecule has 0 radical (unpaired) electrons. The minimum atomic E-state index is -0.651. The maximum atomic E-state index is 13.0. The van der Waals surface area contributed by atoms with Crippen molar-refractivity contribution in [3.8, 4) is 12.3 Å². The fourth-order valence-corrected chi connectivity index (χ4v) is 4.17. The summed E-state index contributed by atoms with van der Waals surface area (Å²) < 4.78 is 0. The number of unbranched alkanes of at least 4 members (excludes halogenated alkanes) is 1. The zero-order chi connectivity index (χ0) is 20.3. The molecule has 146 valence electrons. The van der Waals surface area contributed by atoms with Crippen molar-refractivity contribution >= 4 is 11.9 Å². The molecule has 1 aromatic carbocycles. The Kier molecular flexibility index (Phi) is 5.74. The Hall–Kier alpha value is -2.80. The fraction of sp³-hybridized carbons (Fsp3) is 0.417. The van der Waals surface area contributed by atoms with Gasteiger partial charge in [-0.3, -0.25) is 9.69 Å². The smallest absolute Gasteiger partial charge is 0.234 e. The Labute approximate surface area is 168 Å². The van der Waals surface area contributed by atoms with Crippen LogP contribution in [0.1, 0.15) is 56.6 Å². The van der Waals surface area contributed by atoms with E-state index in [1.807, 2.05) is 19.1 Å². The normalized spacial score (nSPS) is 27.2. The van der Waals surface area contributed by atoms with Crippen molar-refractivity contribution in [3.05, 3.63) is 59.2 Å². The number of benzene rings is 1. The van der Waals surface area contributed by atoms with Crippen LogP contribution >= 0.6 is 0 Å². The van der Waals surface area contributed by atoms with Crippen LogP contribution in [0.2, 0.25) is 0 Å². The van der Waals surface area contributed by atoms with Gasteiger partial charge in [-0.25, -0.2) is 4.99 Å². The van der Waals surface area contributed by atoms with Gasteiger partial charge in [-0.15, -0.1) is 6.42 Å². The highest BCUT2D eigenvalue weighted by atomic mass is 16.2. The predicted octanol–water partition coefficient (Wildman–Crippen LogP) is 3.99. The lowest BCUT2D eigenvalue weighted by Gasteiger charge is -2.42. The van der Waals surface area contributed by atoms with Gasteiger partial charge in [0.2, 0.25) is 5.91 Å².